The highest BCUT2D eigenvalue weighted by atomic mass is 79.9. The number of benzene rings is 3. The van der Waals surface area contributed by atoms with Crippen molar-refractivity contribution in [2.24, 2.45) is 0 Å². The molecule has 2 atom stereocenters. The van der Waals surface area contributed by atoms with E-state index in [0.29, 0.717) is 12.2 Å². The molecule has 0 unspecified atom stereocenters. The maximum Gasteiger partial charge on any atom is 0.244 e. The van der Waals surface area contributed by atoms with Gasteiger partial charge in [0, 0.05) is 29.5 Å². The van der Waals surface area contributed by atoms with Crippen molar-refractivity contribution in [3.63, 3.8) is 0 Å². The fourth-order valence-electron chi connectivity index (χ4n) is 4.37. The van der Waals surface area contributed by atoms with Crippen molar-refractivity contribution in [1.29, 1.82) is 0 Å². The maximum absolute atomic E-state index is 14.2. The summed E-state index contributed by atoms with van der Waals surface area (Å²) in [5.74, 6) is -0.214. The molecule has 9 nitrogen and oxygen atoms in total. The molecule has 0 fully saturated rings. The lowest BCUT2D eigenvalue weighted by molar-refractivity contribution is -0.140. The van der Waals surface area contributed by atoms with E-state index >= 15 is 0 Å². The largest absolute Gasteiger partial charge is 0.497 e. The molecule has 0 heterocycles. The second kappa shape index (κ2) is 15.1. The Morgan fingerprint density at radius 2 is 1.62 bits per heavy atom. The van der Waals surface area contributed by atoms with Gasteiger partial charge in [0.25, 0.3) is 0 Å². The highest BCUT2D eigenvalue weighted by Gasteiger charge is 2.34. The number of halogens is 1. The first-order valence-corrected chi connectivity index (χ1v) is 16.2. The molecule has 0 spiro atoms. The lowest BCUT2D eigenvalue weighted by Gasteiger charge is -2.34. The number of carbonyl (C=O) groups excluding carboxylic acids is 2. The minimum Gasteiger partial charge on any atom is -0.497 e. The number of hydrogen-bond acceptors (Lipinski definition) is 6. The number of anilines is 1. The molecule has 2 amide bonds. The minimum atomic E-state index is -3.97. The Bertz CT molecular complexity index is 1450. The molecule has 226 valence electrons. The molecule has 0 aliphatic rings. The van der Waals surface area contributed by atoms with Crippen molar-refractivity contribution < 1.29 is 27.5 Å². The Morgan fingerprint density at radius 3 is 2.19 bits per heavy atom. The second-order valence-electron chi connectivity index (χ2n) is 9.98. The van der Waals surface area contributed by atoms with E-state index in [0.717, 1.165) is 26.2 Å². The van der Waals surface area contributed by atoms with Crippen molar-refractivity contribution in [2.45, 2.75) is 45.3 Å². The molecule has 3 aromatic carbocycles. The minimum absolute atomic E-state index is 0.0877. The number of sulfonamides is 1. The van der Waals surface area contributed by atoms with Crippen LogP contribution in [-0.2, 0) is 32.6 Å². The molecular weight excluding hydrogens is 622 g/mol. The van der Waals surface area contributed by atoms with Gasteiger partial charge in [-0.25, -0.2) is 8.42 Å². The van der Waals surface area contributed by atoms with E-state index in [1.165, 1.54) is 25.2 Å². The summed E-state index contributed by atoms with van der Waals surface area (Å²) in [4.78, 5) is 29.5. The summed E-state index contributed by atoms with van der Waals surface area (Å²) >= 11 is 3.44. The van der Waals surface area contributed by atoms with Gasteiger partial charge in [0.2, 0.25) is 21.8 Å². The fraction of sp³-hybridized carbons (Fsp3) is 0.355. The van der Waals surface area contributed by atoms with Crippen LogP contribution >= 0.6 is 15.9 Å². The standard InChI is InChI=1S/C31H38BrN3O6S/c1-6-22(2)33-31(37)28(18-23-10-8-7-9-11-23)34(20-24-12-14-25(32)15-13-24)30(36)21-35(42(5,38)39)27-19-26(40-3)16-17-29(27)41-4/h7-17,19,22,28H,6,18,20-21H2,1-5H3,(H,33,37)/t22-,28-/m0/s1. The molecule has 0 aliphatic heterocycles. The zero-order chi connectivity index (χ0) is 30.9. The average molecular weight is 661 g/mol. The molecule has 0 bridgehead atoms. The molecule has 0 saturated carbocycles. The van der Waals surface area contributed by atoms with Gasteiger partial charge in [-0.15, -0.1) is 0 Å². The third-order valence-electron chi connectivity index (χ3n) is 6.87. The molecule has 3 rings (SSSR count). The Balaban J connectivity index is 2.11. The predicted octanol–water partition coefficient (Wildman–Crippen LogP) is 4.79. The van der Waals surface area contributed by atoms with E-state index in [4.69, 9.17) is 9.47 Å². The monoisotopic (exact) mass is 659 g/mol. The smallest absolute Gasteiger partial charge is 0.244 e. The summed E-state index contributed by atoms with van der Waals surface area (Å²) in [6.45, 7) is 3.40. The van der Waals surface area contributed by atoms with Crippen LogP contribution in [0.25, 0.3) is 0 Å². The van der Waals surface area contributed by atoms with Crippen LogP contribution in [-0.4, -0.2) is 64.2 Å². The van der Waals surface area contributed by atoms with Crippen molar-refractivity contribution in [2.75, 3.05) is 31.3 Å². The lowest BCUT2D eigenvalue weighted by Crippen LogP contribution is -2.54. The Hall–Kier alpha value is -3.57. The van der Waals surface area contributed by atoms with E-state index in [2.05, 4.69) is 21.2 Å². The van der Waals surface area contributed by atoms with Crippen LogP contribution in [0.2, 0.25) is 0 Å². The zero-order valence-electron chi connectivity index (χ0n) is 24.5. The van der Waals surface area contributed by atoms with Gasteiger partial charge >= 0.3 is 0 Å². The van der Waals surface area contributed by atoms with Gasteiger partial charge in [0.15, 0.2) is 0 Å². The van der Waals surface area contributed by atoms with Gasteiger partial charge in [0.1, 0.15) is 24.1 Å². The van der Waals surface area contributed by atoms with E-state index in [1.807, 2.05) is 68.4 Å². The molecule has 0 aliphatic carbocycles. The van der Waals surface area contributed by atoms with Crippen LogP contribution in [0.1, 0.15) is 31.4 Å². The number of hydrogen-bond donors (Lipinski definition) is 1. The van der Waals surface area contributed by atoms with Gasteiger partial charge < -0.3 is 19.7 Å². The Labute approximate surface area is 257 Å². The maximum atomic E-state index is 14.2. The molecule has 42 heavy (non-hydrogen) atoms. The van der Waals surface area contributed by atoms with Crippen molar-refractivity contribution >= 4 is 43.5 Å². The van der Waals surface area contributed by atoms with Crippen LogP contribution < -0.4 is 19.1 Å². The summed E-state index contributed by atoms with van der Waals surface area (Å²) in [7, 11) is -1.08. The van der Waals surface area contributed by atoms with Gasteiger partial charge in [-0.3, -0.25) is 13.9 Å². The first-order chi connectivity index (χ1) is 20.0. The molecular formula is C31H38BrN3O6S. The van der Waals surface area contributed by atoms with E-state index < -0.39 is 28.5 Å². The normalized spacial score (nSPS) is 12.6. The van der Waals surface area contributed by atoms with Crippen LogP contribution in [0.15, 0.2) is 77.3 Å². The van der Waals surface area contributed by atoms with E-state index in [9.17, 15) is 18.0 Å². The highest BCUT2D eigenvalue weighted by molar-refractivity contribution is 9.10. The van der Waals surface area contributed by atoms with E-state index in [1.54, 1.807) is 12.1 Å². The summed E-state index contributed by atoms with van der Waals surface area (Å²) in [6.07, 6.45) is 1.98. The molecule has 3 aromatic rings. The van der Waals surface area contributed by atoms with Gasteiger partial charge in [0.05, 0.1) is 26.2 Å². The number of ether oxygens (including phenoxy) is 2. The molecule has 11 heteroatoms. The summed E-state index contributed by atoms with van der Waals surface area (Å²) in [5.41, 5.74) is 1.80. The fourth-order valence-corrected chi connectivity index (χ4v) is 5.48. The first kappa shape index (κ1) is 32.9. The number of nitrogens with zero attached hydrogens (tertiary/aromatic N) is 2. The average Bonchev–Trinajstić information content (AvgIpc) is 2.97. The van der Waals surface area contributed by atoms with Crippen LogP contribution in [0.4, 0.5) is 5.69 Å². The van der Waals surface area contributed by atoms with Gasteiger partial charge in [-0.1, -0.05) is 65.3 Å². The number of nitrogens with one attached hydrogen (secondary N) is 1. The summed E-state index contributed by atoms with van der Waals surface area (Å²) in [6, 6.07) is 20.5. The topological polar surface area (TPSA) is 105 Å². The molecule has 1 N–H and O–H groups in total. The Kier molecular flexibility index (Phi) is 11.8. The third-order valence-corrected chi connectivity index (χ3v) is 8.53. The number of amides is 2. The first-order valence-electron chi connectivity index (χ1n) is 13.5. The van der Waals surface area contributed by atoms with Gasteiger partial charge in [-0.2, -0.15) is 0 Å². The van der Waals surface area contributed by atoms with Gasteiger partial charge in [-0.05, 0) is 48.7 Å². The molecule has 0 aromatic heterocycles. The van der Waals surface area contributed by atoms with Crippen LogP contribution in [0.3, 0.4) is 0 Å². The summed E-state index contributed by atoms with van der Waals surface area (Å²) < 4.78 is 38.8. The Morgan fingerprint density at radius 1 is 0.952 bits per heavy atom. The van der Waals surface area contributed by atoms with Crippen molar-refractivity contribution in [3.05, 3.63) is 88.4 Å². The SMILES string of the molecule is CC[C@H](C)NC(=O)[C@H](Cc1ccccc1)N(Cc1ccc(Br)cc1)C(=O)CN(c1cc(OC)ccc1OC)S(C)(=O)=O. The van der Waals surface area contributed by atoms with Crippen LogP contribution in [0, 0.1) is 0 Å². The highest BCUT2D eigenvalue weighted by Crippen LogP contribution is 2.34. The number of rotatable bonds is 14. The molecule has 0 saturated heterocycles. The van der Waals surface area contributed by atoms with Crippen molar-refractivity contribution in [3.8, 4) is 11.5 Å². The number of methoxy groups -OCH3 is 2. The van der Waals surface area contributed by atoms with Crippen molar-refractivity contribution in [1.82, 2.24) is 10.2 Å². The summed E-state index contributed by atoms with van der Waals surface area (Å²) in [5, 5.41) is 3.02. The third kappa shape index (κ3) is 8.96. The van der Waals surface area contributed by atoms with E-state index in [-0.39, 0.29) is 36.4 Å². The number of carbonyl (C=O) groups is 2. The predicted molar refractivity (Wildman–Crippen MR) is 168 cm³/mol. The second-order valence-corrected chi connectivity index (χ2v) is 12.8. The lowest BCUT2D eigenvalue weighted by atomic mass is 10.0. The molecule has 0 radical (unpaired) electrons. The zero-order valence-corrected chi connectivity index (χ0v) is 26.9. The quantitative estimate of drug-likeness (QED) is 0.267. The van der Waals surface area contributed by atoms with Crippen LogP contribution in [0.5, 0.6) is 11.5 Å².